The summed E-state index contributed by atoms with van der Waals surface area (Å²) in [6.45, 7) is -3.97. The molecule has 0 amide bonds. The minimum atomic E-state index is -3.97. The van der Waals surface area contributed by atoms with Gasteiger partial charge in [0.25, 0.3) is 0 Å². The Kier molecular flexibility index (Phi) is 5.61. The molecule has 0 heterocycles. The van der Waals surface area contributed by atoms with Crippen LogP contribution in [0.4, 0.5) is 17.4 Å². The van der Waals surface area contributed by atoms with Crippen molar-refractivity contribution in [2.75, 3.05) is 0 Å². The topological polar surface area (TPSA) is 0 Å². The third-order valence-corrected chi connectivity index (χ3v) is 2.58. The third-order valence-electron chi connectivity index (χ3n) is 2.58. The maximum atomic E-state index is 14.0. The van der Waals surface area contributed by atoms with Gasteiger partial charge < -0.3 is 10.1 Å². The van der Waals surface area contributed by atoms with Gasteiger partial charge in [-0.25, -0.2) is 8.78 Å². The number of benzene rings is 2. The molecule has 18 heavy (non-hydrogen) atoms. The molecule has 0 aromatic heterocycles. The van der Waals surface area contributed by atoms with Crippen molar-refractivity contribution in [3.63, 3.8) is 0 Å². The van der Waals surface area contributed by atoms with Crippen LogP contribution in [-0.4, -0.2) is 6.70 Å². The second kappa shape index (κ2) is 6.34. The molecule has 2 rings (SSSR count). The Morgan fingerprint density at radius 1 is 0.667 bits per heavy atom. The number of hydrogen-bond acceptors (Lipinski definition) is 0. The Labute approximate surface area is 146 Å². The fraction of sp³-hybridized carbons (Fsp3) is 0. The van der Waals surface area contributed by atoms with Crippen LogP contribution >= 0.6 is 0 Å². The summed E-state index contributed by atoms with van der Waals surface area (Å²) in [4.78, 5) is 0. The molecule has 0 saturated carbocycles. The van der Waals surface area contributed by atoms with Gasteiger partial charge >= 0.3 is 58.1 Å². The molecule has 0 nitrogen and oxygen atoms in total. The molecule has 90 valence electrons. The Morgan fingerprint density at radius 3 is 1.22 bits per heavy atom. The molecule has 0 aliphatic rings. The Morgan fingerprint density at radius 2 is 0.944 bits per heavy atom. The van der Waals surface area contributed by atoms with Gasteiger partial charge in [-0.05, 0) is 24.3 Å². The van der Waals surface area contributed by atoms with Crippen LogP contribution in [0, 0.1) is 11.6 Å². The van der Waals surface area contributed by atoms with Crippen LogP contribution in [0.2, 0.25) is 0 Å². The molecule has 6 heteroatoms. The van der Waals surface area contributed by atoms with Crippen molar-refractivity contribution in [3.8, 4) is 0 Å². The van der Waals surface area contributed by atoms with Crippen molar-refractivity contribution in [1.82, 2.24) is 0 Å². The number of halogens is 4. The molecule has 0 unspecified atom stereocenters. The maximum absolute atomic E-state index is 14.0. The van der Waals surface area contributed by atoms with Crippen LogP contribution in [-0.2, 0) is 0 Å². The fourth-order valence-electron chi connectivity index (χ4n) is 1.60. The van der Waals surface area contributed by atoms with Crippen molar-refractivity contribution in [1.29, 1.82) is 0 Å². The van der Waals surface area contributed by atoms with Crippen molar-refractivity contribution in [2.45, 2.75) is 0 Å². The van der Waals surface area contributed by atoms with Crippen LogP contribution in [0.3, 0.4) is 0 Å². The average molecular weight is 279 g/mol. The quantitative estimate of drug-likeness (QED) is 0.517. The Bertz CT molecular complexity index is 469. The SMILES string of the molecule is Fc1ccc([B-](F)(F)c2ccc(F)cc2)cc1.[H-].[K+]. The molecule has 0 bridgehead atoms. The van der Waals surface area contributed by atoms with Crippen LogP contribution in [0.25, 0.3) is 0 Å². The summed E-state index contributed by atoms with van der Waals surface area (Å²) in [6, 6.07) is 8.08. The van der Waals surface area contributed by atoms with E-state index in [1.807, 2.05) is 0 Å². The maximum Gasteiger partial charge on any atom is 1.00 e. The van der Waals surface area contributed by atoms with Gasteiger partial charge in [-0.15, -0.1) is 10.9 Å². The predicted octanol–water partition coefficient (Wildman–Crippen LogP) is -0.423. The summed E-state index contributed by atoms with van der Waals surface area (Å²) >= 11 is 0. The van der Waals surface area contributed by atoms with Gasteiger partial charge in [0.05, 0.1) is 0 Å². The minimum absolute atomic E-state index is 0. The zero-order valence-electron chi connectivity index (χ0n) is 10.7. The Balaban J connectivity index is 0.00000162. The summed E-state index contributed by atoms with van der Waals surface area (Å²) in [5.74, 6) is -1.14. The number of rotatable bonds is 2. The van der Waals surface area contributed by atoms with Gasteiger partial charge in [-0.2, -0.15) is 0 Å². The summed E-state index contributed by atoms with van der Waals surface area (Å²) in [7, 11) is 0. The van der Waals surface area contributed by atoms with E-state index in [9.17, 15) is 17.4 Å². The van der Waals surface area contributed by atoms with Crippen molar-refractivity contribution >= 4 is 17.6 Å². The monoisotopic (exact) mass is 279 g/mol. The third kappa shape index (κ3) is 3.45. The van der Waals surface area contributed by atoms with E-state index in [-0.39, 0.29) is 63.7 Å². The molecule has 2 aromatic rings. The zero-order valence-corrected chi connectivity index (χ0v) is 12.8. The van der Waals surface area contributed by atoms with Gasteiger partial charge in [0.1, 0.15) is 11.6 Å². The second-order valence-corrected chi connectivity index (χ2v) is 3.77. The molecular formula is C12H9BF4K-. The summed E-state index contributed by atoms with van der Waals surface area (Å²) in [6.07, 6.45) is 0. The molecule has 0 N–H and O–H groups in total. The number of hydrogen-bond donors (Lipinski definition) is 0. The molecule has 0 radical (unpaired) electrons. The molecule has 0 aliphatic heterocycles. The molecule has 0 fully saturated rings. The van der Waals surface area contributed by atoms with E-state index in [4.69, 9.17) is 0 Å². The van der Waals surface area contributed by atoms with Crippen molar-refractivity contribution < 1.29 is 70.2 Å². The van der Waals surface area contributed by atoms with E-state index in [0.29, 0.717) is 0 Å². The molecule has 0 saturated heterocycles. The largest absolute Gasteiger partial charge is 1.00 e. The predicted molar refractivity (Wildman–Crippen MR) is 61.2 cm³/mol. The summed E-state index contributed by atoms with van der Waals surface area (Å²) < 4.78 is 53.2. The molecule has 0 atom stereocenters. The first-order valence-electron chi connectivity index (χ1n) is 5.03. The van der Waals surface area contributed by atoms with Gasteiger partial charge in [0.15, 0.2) is 0 Å². The van der Waals surface area contributed by atoms with Gasteiger partial charge in [-0.3, -0.25) is 0 Å². The zero-order chi connectivity index (χ0) is 12.5. The van der Waals surface area contributed by atoms with Crippen LogP contribution in [0.15, 0.2) is 48.5 Å². The van der Waals surface area contributed by atoms with E-state index >= 15 is 0 Å². The standard InChI is InChI=1S/C12H8BF4.K.H/c14-11-5-1-9(2-6-11)13(16,17)10-3-7-12(15)8-4-10;;/h1-8H;;/q-1;+1;-1. The smallest absolute Gasteiger partial charge is 1.00 e. The molecular weight excluding hydrogens is 270 g/mol. The first-order chi connectivity index (χ1) is 8.00. The fourth-order valence-corrected chi connectivity index (χ4v) is 1.60. The molecule has 2 aromatic carbocycles. The van der Waals surface area contributed by atoms with Crippen LogP contribution < -0.4 is 62.3 Å². The summed E-state index contributed by atoms with van der Waals surface area (Å²) in [5.41, 5.74) is -0.531. The first-order valence-corrected chi connectivity index (χ1v) is 5.03. The van der Waals surface area contributed by atoms with Crippen molar-refractivity contribution in [3.05, 3.63) is 60.2 Å². The minimum Gasteiger partial charge on any atom is -1.00 e. The molecule has 0 aliphatic carbocycles. The van der Waals surface area contributed by atoms with Crippen LogP contribution in [0.1, 0.15) is 1.43 Å². The van der Waals surface area contributed by atoms with E-state index in [1.165, 1.54) is 0 Å². The van der Waals surface area contributed by atoms with E-state index < -0.39 is 18.3 Å². The van der Waals surface area contributed by atoms with Gasteiger partial charge in [-0.1, -0.05) is 24.3 Å². The second-order valence-electron chi connectivity index (χ2n) is 3.77. The van der Waals surface area contributed by atoms with Crippen LogP contribution in [0.5, 0.6) is 0 Å². The molecule has 0 spiro atoms. The van der Waals surface area contributed by atoms with Gasteiger partial charge in [0.2, 0.25) is 0 Å². The van der Waals surface area contributed by atoms with E-state index in [2.05, 4.69) is 0 Å². The first kappa shape index (κ1) is 15.9. The normalized spacial score (nSPS) is 10.9. The van der Waals surface area contributed by atoms with Crippen molar-refractivity contribution in [2.24, 2.45) is 0 Å². The van der Waals surface area contributed by atoms with E-state index in [0.717, 1.165) is 48.5 Å². The average Bonchev–Trinajstić information content (AvgIpc) is 2.30. The Hall–Kier alpha value is -0.139. The van der Waals surface area contributed by atoms with E-state index in [1.54, 1.807) is 0 Å². The van der Waals surface area contributed by atoms with Gasteiger partial charge in [0, 0.05) is 0 Å². The summed E-state index contributed by atoms with van der Waals surface area (Å²) in [5, 5.41) is 0.